The number of hydrogen-bond acceptors (Lipinski definition) is 2. The van der Waals surface area contributed by atoms with Crippen LogP contribution in [0.15, 0.2) is 148 Å². The van der Waals surface area contributed by atoms with E-state index in [0.717, 1.165) is 25.7 Å². The zero-order valence-electron chi connectivity index (χ0n) is 47.6. The largest absolute Gasteiger partial charge is 0.0622 e. The fourth-order valence-corrected chi connectivity index (χ4v) is 16.1. The van der Waals surface area contributed by atoms with Crippen LogP contribution in [0.4, 0.5) is 0 Å². The van der Waals surface area contributed by atoms with Crippen LogP contribution in [-0.4, -0.2) is 14.2 Å². The standard InChI is InChI=1S/C34H42O.C18H15P.C14H16Br2O.C3H7.2ClH.HI.Ni/c1-21-20-28-29(22-12-16-24(17-13-22)33(2,3)4)26-10-9-11-27(26)30(31(28)32(21)35-8)23-14-18-25(19-15-23)34(5,6)7;1-4-10-16(11-5-1)19(17-12-6-2-7-13-17)18-14-8-3-9-15-18;1-7-6-10-11(14(7)17-2)13(16)9-5-3-4-8(9)12(10)15;1-3-2;;;;/h12-19,21,32H,9-11,20H2,1-8H3;1-15H;7,14H,3-6H2,1-2H3;1,3H2,2H3;3*1H;/q;;;-1;;;;+3/p-3. The molecule has 0 fully saturated rings. The fraction of sp³-hybridized carbons (Fsp3) is 0.377. The third kappa shape index (κ3) is 14.9. The number of halogens is 5. The first-order chi connectivity index (χ1) is 37.2. The van der Waals surface area contributed by atoms with Crippen LogP contribution < -0.4 is 15.9 Å². The van der Waals surface area contributed by atoms with E-state index in [9.17, 15) is 0 Å². The van der Waals surface area contributed by atoms with Crippen molar-refractivity contribution in [3.05, 3.63) is 211 Å². The molecule has 419 valence electrons. The summed E-state index contributed by atoms with van der Waals surface area (Å²) in [4.78, 5) is 0. The summed E-state index contributed by atoms with van der Waals surface area (Å²) in [5.41, 5.74) is 20.9. The van der Waals surface area contributed by atoms with Gasteiger partial charge in [-0.05, 0) is 176 Å². The quantitative estimate of drug-likeness (QED) is 0.0685. The van der Waals surface area contributed by atoms with Crippen LogP contribution in [-0.2, 0) is 67.3 Å². The van der Waals surface area contributed by atoms with Crippen LogP contribution in [0.1, 0.15) is 149 Å². The average molecular weight is 1390 g/mol. The minimum atomic E-state index is -0.544. The zero-order valence-corrected chi connectivity index (χ0v) is 56.4. The zero-order chi connectivity index (χ0) is 56.5. The molecule has 2 nitrogen and oxygen atoms in total. The van der Waals surface area contributed by atoms with Crippen molar-refractivity contribution in [2.45, 2.75) is 143 Å². The topological polar surface area (TPSA) is 18.5 Å². The van der Waals surface area contributed by atoms with Crippen molar-refractivity contribution in [1.29, 1.82) is 0 Å². The number of hydrogen-bond donors (Lipinski definition) is 0. The second-order valence-electron chi connectivity index (χ2n) is 23.1. The smallest absolute Gasteiger partial charge is 0.0134 e. The predicted octanol–water partition coefficient (Wildman–Crippen LogP) is 20.5. The number of rotatable bonds is 7. The summed E-state index contributed by atoms with van der Waals surface area (Å²) in [6.45, 7) is 23.9. The Kier molecular flexibility index (Phi) is 23.3. The molecule has 4 atom stereocenters. The molecule has 0 heterocycles. The molecule has 0 radical (unpaired) electrons. The van der Waals surface area contributed by atoms with Crippen molar-refractivity contribution in [1.82, 2.24) is 0 Å². The minimum Gasteiger partial charge on any atom is -0.0622 e. The fourth-order valence-electron chi connectivity index (χ4n) is 12.0. The van der Waals surface area contributed by atoms with Gasteiger partial charge in [-0.3, -0.25) is 0 Å². The Hall–Kier alpha value is -2.35. The molecule has 78 heavy (non-hydrogen) atoms. The third-order valence-electron chi connectivity index (χ3n) is 15.6. The van der Waals surface area contributed by atoms with Gasteiger partial charge in [-0.2, -0.15) is 6.42 Å². The number of methoxy groups -OCH3 is 2. The van der Waals surface area contributed by atoms with E-state index in [-0.39, 0.29) is 23.0 Å². The molecule has 7 aromatic rings. The molecular weight excluding hydrogens is 1310 g/mol. The number of benzene rings is 7. The van der Waals surface area contributed by atoms with Gasteiger partial charge in [-0.15, -0.1) is 0 Å². The van der Waals surface area contributed by atoms with E-state index in [0.29, 0.717) is 11.8 Å². The molecule has 7 aromatic carbocycles. The van der Waals surface area contributed by atoms with Crippen LogP contribution in [0.25, 0.3) is 22.3 Å². The maximum Gasteiger partial charge on any atom is -0.0134 e. The van der Waals surface area contributed by atoms with Gasteiger partial charge in [0.25, 0.3) is 0 Å². The van der Waals surface area contributed by atoms with Gasteiger partial charge in [-0.25, -0.2) is 0 Å². The molecule has 0 spiro atoms. The Labute approximate surface area is 512 Å². The summed E-state index contributed by atoms with van der Waals surface area (Å²) in [5, 5.41) is 4.19. The summed E-state index contributed by atoms with van der Waals surface area (Å²) in [5.74, 6) is 1.06. The van der Waals surface area contributed by atoms with Gasteiger partial charge >= 0.3 is 49.3 Å². The molecule has 0 aromatic heterocycles. The molecule has 4 unspecified atom stereocenters. The van der Waals surface area contributed by atoms with Crippen LogP contribution in [0.2, 0.25) is 0 Å². The molecule has 0 bridgehead atoms. The molecule has 0 saturated carbocycles. The maximum absolute atomic E-state index is 6.20. The average Bonchev–Trinajstić information content (AvgIpc) is 4.39. The van der Waals surface area contributed by atoms with Gasteiger partial charge in [0, 0.05) is 23.2 Å². The van der Waals surface area contributed by atoms with E-state index < -0.39 is 16.4 Å². The normalized spacial score (nSPS) is 17.9. The van der Waals surface area contributed by atoms with Gasteiger partial charge < -0.3 is 16.4 Å². The molecule has 4 aliphatic rings. The SMILES string of the molecule is COC1c2c(Br)c3c(c(Br)c2CC1C)CCC3.COC1c2c(c(-c3ccc(C(C)(C)C)cc3)c3c(c2-c2ccc(C(C)(C)C)cc2)CCC3)CC1C.[CH2-]CC.[Cl][Ni]([Cl])[I].c1ccc(P(c2ccccc2)c2ccccc2)cc1. The van der Waals surface area contributed by atoms with Gasteiger partial charge in [0.1, 0.15) is 0 Å². The van der Waals surface area contributed by atoms with Crippen molar-refractivity contribution in [3.63, 3.8) is 0 Å². The molecular formula is C69H80Br2Cl2INiO2P-. The van der Waals surface area contributed by atoms with E-state index in [4.69, 9.17) is 29.9 Å². The first-order valence-corrected chi connectivity index (χ1v) is 36.4. The molecule has 0 N–H and O–H groups in total. The second kappa shape index (κ2) is 28.8. The van der Waals surface area contributed by atoms with Crippen molar-refractivity contribution in [2.75, 3.05) is 14.2 Å². The van der Waals surface area contributed by atoms with Crippen molar-refractivity contribution >= 4 is 96.6 Å². The first-order valence-electron chi connectivity index (χ1n) is 27.6. The molecule has 0 aliphatic heterocycles. The Morgan fingerprint density at radius 2 is 0.859 bits per heavy atom. The van der Waals surface area contributed by atoms with Crippen LogP contribution in [0.5, 0.6) is 0 Å². The molecule has 0 amide bonds. The monoisotopic (exact) mass is 1380 g/mol. The molecule has 4 aliphatic carbocycles. The van der Waals surface area contributed by atoms with E-state index in [1.54, 1.807) is 11.1 Å². The van der Waals surface area contributed by atoms with Crippen molar-refractivity contribution in [3.8, 4) is 22.3 Å². The Balaban J connectivity index is 0.000000172. The van der Waals surface area contributed by atoms with Gasteiger partial charge in [-0.1, -0.05) is 234 Å². The predicted molar refractivity (Wildman–Crippen MR) is 352 cm³/mol. The third-order valence-corrected chi connectivity index (χ3v) is 19.9. The molecule has 0 saturated heterocycles. The maximum atomic E-state index is 6.20. The van der Waals surface area contributed by atoms with Crippen molar-refractivity contribution in [2.24, 2.45) is 11.8 Å². The van der Waals surface area contributed by atoms with E-state index in [1.165, 1.54) is 124 Å². The number of ether oxygens (including phenoxy) is 2. The summed E-state index contributed by atoms with van der Waals surface area (Å²) in [6.07, 6.45) is 10.9. The summed E-state index contributed by atoms with van der Waals surface area (Å²) in [6, 6.07) is 51.2. The van der Waals surface area contributed by atoms with E-state index in [2.05, 4.69) is 234 Å². The summed E-state index contributed by atoms with van der Waals surface area (Å²) >= 11 is 9.57. The van der Waals surface area contributed by atoms with Crippen LogP contribution >= 0.6 is 80.7 Å². The minimum absolute atomic E-state index is 0.154. The van der Waals surface area contributed by atoms with E-state index in [1.807, 2.05) is 41.6 Å². The van der Waals surface area contributed by atoms with Crippen LogP contribution in [0, 0.1) is 18.8 Å². The Morgan fingerprint density at radius 1 is 0.526 bits per heavy atom. The second-order valence-corrected chi connectivity index (χ2v) is 35.9. The first kappa shape index (κ1) is 63.2. The number of fused-ring (bicyclic) bond motifs is 4. The van der Waals surface area contributed by atoms with Crippen LogP contribution in [0.3, 0.4) is 0 Å². The van der Waals surface area contributed by atoms with Gasteiger partial charge in [0.2, 0.25) is 0 Å². The Morgan fingerprint density at radius 3 is 1.24 bits per heavy atom. The summed E-state index contributed by atoms with van der Waals surface area (Å²) in [7, 11) is 12.9. The van der Waals surface area contributed by atoms with Gasteiger partial charge in [0.05, 0.1) is 12.2 Å². The van der Waals surface area contributed by atoms with E-state index >= 15 is 0 Å². The van der Waals surface area contributed by atoms with Crippen molar-refractivity contribution < 1.29 is 17.9 Å². The van der Waals surface area contributed by atoms with Gasteiger partial charge in [0.15, 0.2) is 0 Å². The summed E-state index contributed by atoms with van der Waals surface area (Å²) < 4.78 is 14.6. The Bertz CT molecular complexity index is 2950. The molecule has 11 rings (SSSR count). The molecule has 9 heteroatoms.